The fraction of sp³-hybridized carbons (Fsp3) is 0.133. The van der Waals surface area contributed by atoms with Gasteiger partial charge in [0.25, 0.3) is 5.91 Å². The quantitative estimate of drug-likeness (QED) is 0.661. The maximum absolute atomic E-state index is 12.5. The predicted octanol–water partition coefficient (Wildman–Crippen LogP) is 1.62. The van der Waals surface area contributed by atoms with Gasteiger partial charge in [-0.05, 0) is 30.3 Å². The minimum absolute atomic E-state index is 0.135. The smallest absolute Gasteiger partial charge is 0.294 e. The second-order valence-electron chi connectivity index (χ2n) is 4.53. The molecule has 0 radical (unpaired) electrons. The van der Waals surface area contributed by atoms with Gasteiger partial charge in [0.1, 0.15) is 5.76 Å². The van der Waals surface area contributed by atoms with Crippen LogP contribution in [-0.4, -0.2) is 24.2 Å². The first-order chi connectivity index (χ1) is 10.2. The van der Waals surface area contributed by atoms with Gasteiger partial charge < -0.3 is 20.0 Å². The Morgan fingerprint density at radius 2 is 2.19 bits per heavy atom. The Morgan fingerprint density at radius 3 is 2.90 bits per heavy atom. The van der Waals surface area contributed by atoms with Crippen LogP contribution in [0.3, 0.4) is 0 Å². The van der Waals surface area contributed by atoms with Crippen LogP contribution in [0.2, 0.25) is 0 Å². The van der Waals surface area contributed by atoms with Crippen LogP contribution in [0.5, 0.6) is 5.75 Å². The number of furan rings is 1. The molecule has 0 saturated carbocycles. The number of aliphatic hydroxyl groups is 1. The zero-order chi connectivity index (χ0) is 14.8. The topological polar surface area (TPSA) is 88.9 Å². The summed E-state index contributed by atoms with van der Waals surface area (Å²) >= 11 is 0. The Hall–Kier alpha value is -2.73. The minimum Gasteiger partial charge on any atom is -0.465 e. The molecule has 1 aliphatic rings. The number of hydrogen-bond donors (Lipinski definition) is 2. The highest BCUT2D eigenvalue weighted by molar-refractivity contribution is 6.10. The highest BCUT2D eigenvalue weighted by atomic mass is 16.5. The number of nitrogens with two attached hydrogens (primary N) is 1. The van der Waals surface area contributed by atoms with E-state index in [1.807, 2.05) is 0 Å². The van der Waals surface area contributed by atoms with Gasteiger partial charge in [-0.1, -0.05) is 0 Å². The molecule has 0 aliphatic carbocycles. The maximum Gasteiger partial charge on any atom is 0.294 e. The van der Waals surface area contributed by atoms with E-state index >= 15 is 0 Å². The van der Waals surface area contributed by atoms with Crippen LogP contribution in [0, 0.1) is 0 Å². The molecule has 0 atom stereocenters. The predicted molar refractivity (Wildman–Crippen MR) is 77.6 cm³/mol. The number of anilines is 2. The Labute approximate surface area is 121 Å². The van der Waals surface area contributed by atoms with Gasteiger partial charge in [0, 0.05) is 18.3 Å². The molecule has 0 unspecified atom stereocenters. The van der Waals surface area contributed by atoms with Crippen molar-refractivity contribution in [1.82, 2.24) is 0 Å². The molecule has 6 heteroatoms. The third-order valence-corrected chi connectivity index (χ3v) is 3.09. The summed E-state index contributed by atoms with van der Waals surface area (Å²) in [5.41, 5.74) is 6.81. The molecular formula is C15H14N2O4. The summed E-state index contributed by atoms with van der Waals surface area (Å²) in [6.07, 6.45) is 3.03. The van der Waals surface area contributed by atoms with Gasteiger partial charge in [0.2, 0.25) is 0 Å². The molecule has 0 saturated heterocycles. The van der Waals surface area contributed by atoms with Crippen LogP contribution in [0.25, 0.3) is 6.08 Å². The van der Waals surface area contributed by atoms with E-state index in [1.54, 1.807) is 30.3 Å². The fourth-order valence-electron chi connectivity index (χ4n) is 2.15. The highest BCUT2D eigenvalue weighted by Gasteiger charge is 2.30. The van der Waals surface area contributed by atoms with Gasteiger partial charge in [-0.2, -0.15) is 0 Å². The van der Waals surface area contributed by atoms with Crippen LogP contribution in [-0.2, 0) is 4.79 Å². The lowest BCUT2D eigenvalue weighted by Gasteiger charge is -2.30. The van der Waals surface area contributed by atoms with Gasteiger partial charge >= 0.3 is 0 Å². The first-order valence-corrected chi connectivity index (χ1v) is 6.44. The van der Waals surface area contributed by atoms with Crippen molar-refractivity contribution in [3.8, 4) is 5.75 Å². The number of ether oxygens (including phenoxy) is 1. The molecular weight excluding hydrogens is 272 g/mol. The molecule has 1 aromatic carbocycles. The molecule has 1 aliphatic heterocycles. The van der Waals surface area contributed by atoms with E-state index in [0.29, 0.717) is 22.9 Å². The maximum atomic E-state index is 12.5. The van der Waals surface area contributed by atoms with Crippen molar-refractivity contribution < 1.29 is 19.1 Å². The SMILES string of the molecule is Nc1ccc2c(c1)N(CCO)C(=O)/C(=C\c1ccco1)O2. The van der Waals surface area contributed by atoms with Gasteiger partial charge in [-0.25, -0.2) is 0 Å². The molecule has 0 spiro atoms. The Balaban J connectivity index is 2.04. The number of amides is 1. The number of hydrogen-bond acceptors (Lipinski definition) is 5. The van der Waals surface area contributed by atoms with Crippen molar-refractivity contribution in [3.63, 3.8) is 0 Å². The second-order valence-corrected chi connectivity index (χ2v) is 4.53. The molecule has 108 valence electrons. The Kier molecular flexibility index (Phi) is 3.37. The van der Waals surface area contributed by atoms with Crippen LogP contribution >= 0.6 is 0 Å². The lowest BCUT2D eigenvalue weighted by atomic mass is 10.2. The second kappa shape index (κ2) is 5.34. The highest BCUT2D eigenvalue weighted by Crippen LogP contribution is 2.37. The average Bonchev–Trinajstić information content (AvgIpc) is 2.97. The van der Waals surface area contributed by atoms with Gasteiger partial charge in [-0.3, -0.25) is 9.69 Å². The number of rotatable bonds is 3. The molecule has 6 nitrogen and oxygen atoms in total. The zero-order valence-electron chi connectivity index (χ0n) is 11.2. The summed E-state index contributed by atoms with van der Waals surface area (Å²) in [6.45, 7) is 0.00214. The molecule has 2 aromatic rings. The van der Waals surface area contributed by atoms with Crippen LogP contribution in [0.4, 0.5) is 11.4 Å². The van der Waals surface area contributed by atoms with E-state index in [1.165, 1.54) is 17.2 Å². The number of carbonyl (C=O) groups excluding carboxylic acids is 1. The van der Waals surface area contributed by atoms with Crippen LogP contribution in [0.1, 0.15) is 5.76 Å². The third-order valence-electron chi connectivity index (χ3n) is 3.09. The summed E-state index contributed by atoms with van der Waals surface area (Å²) in [6, 6.07) is 8.47. The summed E-state index contributed by atoms with van der Waals surface area (Å²) in [5.74, 6) is 0.811. The van der Waals surface area contributed by atoms with Crippen molar-refractivity contribution in [2.45, 2.75) is 0 Å². The fourth-order valence-corrected chi connectivity index (χ4v) is 2.15. The molecule has 3 N–H and O–H groups in total. The summed E-state index contributed by atoms with van der Waals surface area (Å²) in [5, 5.41) is 9.17. The number of nitrogen functional groups attached to an aromatic ring is 1. The molecule has 21 heavy (non-hydrogen) atoms. The van der Waals surface area contributed by atoms with Crippen molar-refractivity contribution in [1.29, 1.82) is 0 Å². The molecule has 0 fully saturated rings. The largest absolute Gasteiger partial charge is 0.465 e. The molecule has 2 heterocycles. The lowest BCUT2D eigenvalue weighted by Crippen LogP contribution is -2.39. The van der Waals surface area contributed by atoms with E-state index in [0.717, 1.165) is 0 Å². The molecule has 1 amide bonds. The normalized spacial score (nSPS) is 16.0. The van der Waals surface area contributed by atoms with E-state index in [9.17, 15) is 9.90 Å². The van der Waals surface area contributed by atoms with Gasteiger partial charge in [0.15, 0.2) is 11.5 Å². The Bertz CT molecular complexity index is 692. The first-order valence-electron chi connectivity index (χ1n) is 6.44. The monoisotopic (exact) mass is 286 g/mol. The van der Waals surface area contributed by atoms with E-state index in [4.69, 9.17) is 14.9 Å². The lowest BCUT2D eigenvalue weighted by molar-refractivity contribution is -0.117. The number of carbonyl (C=O) groups is 1. The minimum atomic E-state index is -0.349. The average molecular weight is 286 g/mol. The van der Waals surface area contributed by atoms with Gasteiger partial charge in [-0.15, -0.1) is 0 Å². The van der Waals surface area contributed by atoms with E-state index < -0.39 is 0 Å². The van der Waals surface area contributed by atoms with E-state index in [2.05, 4.69) is 0 Å². The number of nitrogens with zero attached hydrogens (tertiary/aromatic N) is 1. The first kappa shape index (κ1) is 13.3. The number of aliphatic hydroxyl groups excluding tert-OH is 1. The van der Waals surface area contributed by atoms with Crippen molar-refractivity contribution >= 4 is 23.4 Å². The van der Waals surface area contributed by atoms with Crippen molar-refractivity contribution in [3.05, 3.63) is 48.1 Å². The summed E-state index contributed by atoms with van der Waals surface area (Å²) in [7, 11) is 0. The van der Waals surface area contributed by atoms with E-state index in [-0.39, 0.29) is 24.8 Å². The molecule has 3 rings (SSSR count). The zero-order valence-corrected chi connectivity index (χ0v) is 11.2. The number of fused-ring (bicyclic) bond motifs is 1. The summed E-state index contributed by atoms with van der Waals surface area (Å²) in [4.78, 5) is 13.9. The number of benzene rings is 1. The summed E-state index contributed by atoms with van der Waals surface area (Å²) < 4.78 is 10.8. The van der Waals surface area contributed by atoms with Gasteiger partial charge in [0.05, 0.1) is 18.6 Å². The number of β-amino-alcohol motifs (C(OH)–C–C–N with tert-alkyl or cyclic N) is 1. The standard InChI is InChI=1S/C15H14N2O4/c16-10-3-4-13-12(8-10)17(5-6-18)15(19)14(21-13)9-11-2-1-7-20-11/h1-4,7-9,18H,5-6,16H2/b14-9+. The molecule has 0 bridgehead atoms. The Morgan fingerprint density at radius 1 is 1.33 bits per heavy atom. The third kappa shape index (κ3) is 2.48. The van der Waals surface area contributed by atoms with Crippen molar-refractivity contribution in [2.75, 3.05) is 23.8 Å². The van der Waals surface area contributed by atoms with Crippen molar-refractivity contribution in [2.24, 2.45) is 0 Å². The van der Waals surface area contributed by atoms with Crippen LogP contribution in [0.15, 0.2) is 46.8 Å². The molecule has 1 aromatic heterocycles. The van der Waals surface area contributed by atoms with Crippen LogP contribution < -0.4 is 15.4 Å².